The Balaban J connectivity index is 2.20. The van der Waals surface area contributed by atoms with Crippen molar-refractivity contribution in [1.82, 2.24) is 10.2 Å². The topological polar surface area (TPSA) is 32.3 Å². The van der Waals surface area contributed by atoms with Crippen LogP contribution in [0.5, 0.6) is 0 Å². The molecule has 0 radical (unpaired) electrons. The molecule has 1 amide bonds. The summed E-state index contributed by atoms with van der Waals surface area (Å²) < 4.78 is 0. The predicted molar refractivity (Wildman–Crippen MR) is 62.7 cm³/mol. The maximum atomic E-state index is 11.9. The quantitative estimate of drug-likeness (QED) is 0.751. The Morgan fingerprint density at radius 1 is 1.40 bits per heavy atom. The van der Waals surface area contributed by atoms with E-state index in [2.05, 4.69) is 19.2 Å². The van der Waals surface area contributed by atoms with Crippen LogP contribution in [-0.4, -0.2) is 37.0 Å². The lowest BCUT2D eigenvalue weighted by atomic mass is 10.1. The number of hydrogen-bond acceptors (Lipinski definition) is 2. The number of amides is 1. The minimum Gasteiger partial charge on any atom is -0.344 e. The summed E-state index contributed by atoms with van der Waals surface area (Å²) >= 11 is 0. The van der Waals surface area contributed by atoms with Crippen molar-refractivity contribution in [1.29, 1.82) is 0 Å². The van der Waals surface area contributed by atoms with Crippen molar-refractivity contribution in [3.63, 3.8) is 0 Å². The Labute approximate surface area is 93.2 Å². The second-order valence-electron chi connectivity index (χ2n) is 4.85. The SMILES string of the molecule is CC(C)NCCN(C)C(=O)C1CCCC1. The molecule has 88 valence electrons. The largest absolute Gasteiger partial charge is 0.344 e. The zero-order valence-corrected chi connectivity index (χ0v) is 10.3. The van der Waals surface area contributed by atoms with Crippen LogP contribution in [0.3, 0.4) is 0 Å². The van der Waals surface area contributed by atoms with E-state index in [4.69, 9.17) is 0 Å². The first kappa shape index (κ1) is 12.5. The molecule has 0 aromatic carbocycles. The van der Waals surface area contributed by atoms with Gasteiger partial charge in [0, 0.05) is 32.1 Å². The first-order valence-corrected chi connectivity index (χ1v) is 6.09. The first-order chi connectivity index (χ1) is 7.11. The molecule has 0 aromatic heterocycles. The molecule has 0 saturated heterocycles. The number of carbonyl (C=O) groups excluding carboxylic acids is 1. The van der Waals surface area contributed by atoms with Crippen molar-refractivity contribution in [2.75, 3.05) is 20.1 Å². The van der Waals surface area contributed by atoms with Crippen molar-refractivity contribution in [3.05, 3.63) is 0 Å². The first-order valence-electron chi connectivity index (χ1n) is 6.09. The van der Waals surface area contributed by atoms with Gasteiger partial charge in [0.1, 0.15) is 0 Å². The second kappa shape index (κ2) is 6.11. The Morgan fingerprint density at radius 3 is 2.53 bits per heavy atom. The molecule has 0 aliphatic heterocycles. The number of nitrogens with one attached hydrogen (secondary N) is 1. The van der Waals surface area contributed by atoms with Crippen LogP contribution in [0.4, 0.5) is 0 Å². The van der Waals surface area contributed by atoms with Crippen LogP contribution in [0.15, 0.2) is 0 Å². The van der Waals surface area contributed by atoms with Crippen LogP contribution in [0, 0.1) is 5.92 Å². The highest BCUT2D eigenvalue weighted by atomic mass is 16.2. The van der Waals surface area contributed by atoms with Gasteiger partial charge in [0.05, 0.1) is 0 Å². The zero-order valence-electron chi connectivity index (χ0n) is 10.3. The molecule has 0 atom stereocenters. The highest BCUT2D eigenvalue weighted by Crippen LogP contribution is 2.25. The average Bonchev–Trinajstić information content (AvgIpc) is 2.68. The molecule has 1 rings (SSSR count). The highest BCUT2D eigenvalue weighted by Gasteiger charge is 2.24. The van der Waals surface area contributed by atoms with Crippen molar-refractivity contribution < 1.29 is 4.79 Å². The van der Waals surface area contributed by atoms with Crippen LogP contribution in [-0.2, 0) is 4.79 Å². The fourth-order valence-corrected chi connectivity index (χ4v) is 2.12. The monoisotopic (exact) mass is 212 g/mol. The maximum absolute atomic E-state index is 11.9. The molecule has 1 aliphatic carbocycles. The standard InChI is InChI=1S/C12H24N2O/c1-10(2)13-8-9-14(3)12(15)11-6-4-5-7-11/h10-11,13H,4-9H2,1-3H3. The summed E-state index contributed by atoms with van der Waals surface area (Å²) in [5.74, 6) is 0.659. The number of rotatable bonds is 5. The van der Waals surface area contributed by atoms with Crippen molar-refractivity contribution in [3.8, 4) is 0 Å². The van der Waals surface area contributed by atoms with E-state index < -0.39 is 0 Å². The van der Waals surface area contributed by atoms with Crippen molar-refractivity contribution >= 4 is 5.91 Å². The molecule has 3 nitrogen and oxygen atoms in total. The summed E-state index contributed by atoms with van der Waals surface area (Å²) in [7, 11) is 1.92. The van der Waals surface area contributed by atoms with Gasteiger partial charge >= 0.3 is 0 Å². The van der Waals surface area contributed by atoms with Gasteiger partial charge in [0.15, 0.2) is 0 Å². The summed E-state index contributed by atoms with van der Waals surface area (Å²) in [6.07, 6.45) is 4.66. The fraction of sp³-hybridized carbons (Fsp3) is 0.917. The van der Waals surface area contributed by atoms with Gasteiger partial charge < -0.3 is 10.2 Å². The van der Waals surface area contributed by atoms with Crippen LogP contribution in [0.1, 0.15) is 39.5 Å². The van der Waals surface area contributed by atoms with E-state index in [0.29, 0.717) is 17.9 Å². The van der Waals surface area contributed by atoms with Crippen LogP contribution < -0.4 is 5.32 Å². The van der Waals surface area contributed by atoms with Gasteiger partial charge in [-0.1, -0.05) is 26.7 Å². The Hall–Kier alpha value is -0.570. The lowest BCUT2D eigenvalue weighted by Gasteiger charge is -2.21. The van der Waals surface area contributed by atoms with Gasteiger partial charge in [-0.2, -0.15) is 0 Å². The molecule has 0 aromatic rings. The van der Waals surface area contributed by atoms with Crippen LogP contribution >= 0.6 is 0 Å². The number of nitrogens with zero attached hydrogens (tertiary/aromatic N) is 1. The van der Waals surface area contributed by atoms with Crippen LogP contribution in [0.25, 0.3) is 0 Å². The van der Waals surface area contributed by atoms with E-state index in [0.717, 1.165) is 25.9 Å². The molecule has 0 heterocycles. The Bertz CT molecular complexity index is 198. The van der Waals surface area contributed by atoms with Gasteiger partial charge in [-0.05, 0) is 12.8 Å². The van der Waals surface area contributed by atoms with E-state index >= 15 is 0 Å². The lowest BCUT2D eigenvalue weighted by Crippen LogP contribution is -2.38. The normalized spacial score (nSPS) is 17.3. The van der Waals surface area contributed by atoms with E-state index in [9.17, 15) is 4.79 Å². The van der Waals surface area contributed by atoms with Crippen molar-refractivity contribution in [2.24, 2.45) is 5.92 Å². The second-order valence-corrected chi connectivity index (χ2v) is 4.85. The van der Waals surface area contributed by atoms with Gasteiger partial charge in [-0.15, -0.1) is 0 Å². The molecule has 1 fully saturated rings. The van der Waals surface area contributed by atoms with E-state index in [1.54, 1.807) is 0 Å². The molecule has 15 heavy (non-hydrogen) atoms. The van der Waals surface area contributed by atoms with E-state index in [-0.39, 0.29) is 0 Å². The molecule has 0 spiro atoms. The molecular weight excluding hydrogens is 188 g/mol. The van der Waals surface area contributed by atoms with E-state index in [1.165, 1.54) is 12.8 Å². The van der Waals surface area contributed by atoms with Gasteiger partial charge in [-0.3, -0.25) is 4.79 Å². The number of carbonyl (C=O) groups is 1. The van der Waals surface area contributed by atoms with Gasteiger partial charge in [0.25, 0.3) is 0 Å². The predicted octanol–water partition coefficient (Wildman–Crippen LogP) is 1.63. The third kappa shape index (κ3) is 4.20. The third-order valence-corrected chi connectivity index (χ3v) is 3.08. The van der Waals surface area contributed by atoms with Gasteiger partial charge in [0.2, 0.25) is 5.91 Å². The Kier molecular flexibility index (Phi) is 5.09. The molecule has 0 bridgehead atoms. The van der Waals surface area contributed by atoms with Crippen molar-refractivity contribution in [2.45, 2.75) is 45.6 Å². The third-order valence-electron chi connectivity index (χ3n) is 3.08. The highest BCUT2D eigenvalue weighted by molar-refractivity contribution is 5.78. The summed E-state index contributed by atoms with van der Waals surface area (Å²) in [4.78, 5) is 13.8. The van der Waals surface area contributed by atoms with Gasteiger partial charge in [-0.25, -0.2) is 0 Å². The Morgan fingerprint density at radius 2 is 2.00 bits per heavy atom. The van der Waals surface area contributed by atoms with E-state index in [1.807, 2.05) is 11.9 Å². The van der Waals surface area contributed by atoms with Crippen LogP contribution in [0.2, 0.25) is 0 Å². The fourth-order valence-electron chi connectivity index (χ4n) is 2.12. The molecule has 1 aliphatic rings. The molecule has 3 heteroatoms. The molecule has 0 unspecified atom stereocenters. The minimum absolute atomic E-state index is 0.314. The summed E-state index contributed by atoms with van der Waals surface area (Å²) in [6, 6.07) is 0.500. The summed E-state index contributed by atoms with van der Waals surface area (Å²) in [6.45, 7) is 5.97. The lowest BCUT2D eigenvalue weighted by molar-refractivity contribution is -0.133. The smallest absolute Gasteiger partial charge is 0.225 e. The molecule has 1 saturated carbocycles. The minimum atomic E-state index is 0.314. The molecule has 1 N–H and O–H groups in total. The summed E-state index contributed by atoms with van der Waals surface area (Å²) in [5.41, 5.74) is 0. The molecular formula is C12H24N2O. The summed E-state index contributed by atoms with van der Waals surface area (Å²) in [5, 5.41) is 3.33. The number of likely N-dealkylation sites (N-methyl/N-ethyl adjacent to an activating group) is 1. The zero-order chi connectivity index (χ0) is 11.3. The number of hydrogen-bond donors (Lipinski definition) is 1. The average molecular weight is 212 g/mol. The maximum Gasteiger partial charge on any atom is 0.225 e.